The average Bonchev–Trinajstić information content (AvgIpc) is 2.55. The highest BCUT2D eigenvalue weighted by molar-refractivity contribution is 9.10. The number of sulfonamides is 1. The van der Waals surface area contributed by atoms with Gasteiger partial charge < -0.3 is 9.47 Å². The van der Waals surface area contributed by atoms with Crippen molar-refractivity contribution in [3.63, 3.8) is 0 Å². The van der Waals surface area contributed by atoms with Gasteiger partial charge in [-0.1, -0.05) is 28.1 Å². The molecule has 0 aromatic heterocycles. The highest BCUT2D eigenvalue weighted by Gasteiger charge is 2.20. The predicted molar refractivity (Wildman–Crippen MR) is 97.9 cm³/mol. The van der Waals surface area contributed by atoms with Crippen LogP contribution < -0.4 is 14.2 Å². The van der Waals surface area contributed by atoms with Crippen LogP contribution in [0.1, 0.15) is 24.1 Å². The molecule has 0 spiro atoms. The largest absolute Gasteiger partial charge is 0.497 e. The van der Waals surface area contributed by atoms with Crippen LogP contribution in [-0.2, 0) is 15.8 Å². The van der Waals surface area contributed by atoms with Gasteiger partial charge in [0, 0.05) is 16.1 Å². The van der Waals surface area contributed by atoms with E-state index in [9.17, 15) is 8.42 Å². The lowest BCUT2D eigenvalue weighted by atomic mass is 10.1. The highest BCUT2D eigenvalue weighted by atomic mass is 79.9. The van der Waals surface area contributed by atoms with E-state index in [1.807, 2.05) is 12.1 Å². The van der Waals surface area contributed by atoms with Crippen molar-refractivity contribution >= 4 is 26.0 Å². The number of ether oxygens (including phenoxy) is 2. The Labute approximate surface area is 151 Å². The monoisotopic (exact) mass is 413 g/mol. The lowest BCUT2D eigenvalue weighted by Crippen LogP contribution is -2.28. The smallest absolute Gasteiger partial charge is 0.216 e. The second-order valence-corrected chi connectivity index (χ2v) is 8.00. The Kier molecular flexibility index (Phi) is 6.26. The van der Waals surface area contributed by atoms with E-state index in [0.29, 0.717) is 11.5 Å². The first-order valence-corrected chi connectivity index (χ1v) is 9.75. The first kappa shape index (κ1) is 18.8. The number of benzene rings is 2. The number of rotatable bonds is 7. The van der Waals surface area contributed by atoms with Crippen LogP contribution in [0.25, 0.3) is 0 Å². The van der Waals surface area contributed by atoms with E-state index in [2.05, 4.69) is 20.7 Å². The third-order valence-electron chi connectivity index (χ3n) is 3.53. The van der Waals surface area contributed by atoms with Crippen molar-refractivity contribution in [1.29, 1.82) is 0 Å². The first-order valence-electron chi connectivity index (χ1n) is 7.31. The third kappa shape index (κ3) is 4.96. The minimum atomic E-state index is -3.50. The Hall–Kier alpha value is -1.57. The van der Waals surface area contributed by atoms with Crippen molar-refractivity contribution in [3.8, 4) is 11.5 Å². The Bertz CT molecular complexity index is 791. The molecular weight excluding hydrogens is 394 g/mol. The number of halogens is 1. The molecule has 0 amide bonds. The van der Waals surface area contributed by atoms with Crippen LogP contribution in [-0.4, -0.2) is 22.6 Å². The van der Waals surface area contributed by atoms with Gasteiger partial charge in [-0.15, -0.1) is 0 Å². The molecule has 0 bridgehead atoms. The summed E-state index contributed by atoms with van der Waals surface area (Å²) < 4.78 is 39.0. The van der Waals surface area contributed by atoms with Crippen LogP contribution >= 0.6 is 15.9 Å². The van der Waals surface area contributed by atoms with Crippen LogP contribution in [0.5, 0.6) is 11.5 Å². The van der Waals surface area contributed by atoms with Crippen molar-refractivity contribution < 1.29 is 17.9 Å². The maximum Gasteiger partial charge on any atom is 0.216 e. The molecule has 2 aromatic rings. The third-order valence-corrected chi connectivity index (χ3v) is 5.48. The fourth-order valence-electron chi connectivity index (χ4n) is 2.35. The van der Waals surface area contributed by atoms with Crippen molar-refractivity contribution in [1.82, 2.24) is 4.72 Å². The van der Waals surface area contributed by atoms with E-state index < -0.39 is 16.1 Å². The van der Waals surface area contributed by atoms with Crippen molar-refractivity contribution in [2.45, 2.75) is 18.7 Å². The lowest BCUT2D eigenvalue weighted by Gasteiger charge is -2.18. The number of hydrogen-bond donors (Lipinski definition) is 1. The van der Waals surface area contributed by atoms with Crippen LogP contribution in [0.15, 0.2) is 46.9 Å². The zero-order valence-corrected chi connectivity index (χ0v) is 16.1. The van der Waals surface area contributed by atoms with Gasteiger partial charge in [0.15, 0.2) is 0 Å². The average molecular weight is 414 g/mol. The summed E-state index contributed by atoms with van der Waals surface area (Å²) in [4.78, 5) is 0. The van der Waals surface area contributed by atoms with E-state index in [4.69, 9.17) is 9.47 Å². The summed E-state index contributed by atoms with van der Waals surface area (Å²) >= 11 is 3.33. The van der Waals surface area contributed by atoms with E-state index >= 15 is 0 Å². The molecule has 0 unspecified atom stereocenters. The molecule has 130 valence electrons. The van der Waals surface area contributed by atoms with Crippen LogP contribution in [0, 0.1) is 0 Å². The summed E-state index contributed by atoms with van der Waals surface area (Å²) in [6.07, 6.45) is 0. The molecule has 0 saturated carbocycles. The maximum atomic E-state index is 12.4. The van der Waals surface area contributed by atoms with Crippen molar-refractivity contribution in [2.75, 3.05) is 14.2 Å². The van der Waals surface area contributed by atoms with Crippen molar-refractivity contribution in [3.05, 3.63) is 58.1 Å². The van der Waals surface area contributed by atoms with E-state index in [1.54, 1.807) is 51.5 Å². The molecule has 0 heterocycles. The number of hydrogen-bond acceptors (Lipinski definition) is 4. The normalized spacial score (nSPS) is 12.7. The SMILES string of the molecule is COc1ccc(OC)c([C@H](C)NS(=O)(=O)Cc2ccc(Br)cc2)c1. The molecule has 1 N–H and O–H groups in total. The minimum absolute atomic E-state index is 0.0864. The zero-order chi connectivity index (χ0) is 17.7. The Balaban J connectivity index is 2.18. The lowest BCUT2D eigenvalue weighted by molar-refractivity contribution is 0.395. The molecule has 1 atom stereocenters. The second kappa shape index (κ2) is 8.00. The van der Waals surface area contributed by atoms with E-state index in [1.165, 1.54) is 0 Å². The fourth-order valence-corrected chi connectivity index (χ4v) is 4.00. The van der Waals surface area contributed by atoms with Gasteiger partial charge in [-0.3, -0.25) is 0 Å². The molecule has 0 saturated heterocycles. The van der Waals surface area contributed by atoms with Gasteiger partial charge in [0.05, 0.1) is 20.0 Å². The molecule has 0 aliphatic heterocycles. The number of nitrogens with one attached hydrogen (secondary N) is 1. The molecular formula is C17H20BrNO4S. The summed E-state index contributed by atoms with van der Waals surface area (Å²) in [5.41, 5.74) is 1.44. The minimum Gasteiger partial charge on any atom is -0.497 e. The van der Waals surface area contributed by atoms with Gasteiger partial charge in [-0.05, 0) is 42.8 Å². The molecule has 5 nitrogen and oxygen atoms in total. The quantitative estimate of drug-likeness (QED) is 0.752. The summed E-state index contributed by atoms with van der Waals surface area (Å²) in [6.45, 7) is 1.77. The second-order valence-electron chi connectivity index (χ2n) is 5.33. The molecule has 2 aromatic carbocycles. The van der Waals surface area contributed by atoms with Gasteiger partial charge in [0.2, 0.25) is 10.0 Å². The molecule has 0 radical (unpaired) electrons. The molecule has 0 fully saturated rings. The topological polar surface area (TPSA) is 64.6 Å². The van der Waals surface area contributed by atoms with E-state index in [-0.39, 0.29) is 5.75 Å². The van der Waals surface area contributed by atoms with Crippen LogP contribution in [0.4, 0.5) is 0 Å². The van der Waals surface area contributed by atoms with Gasteiger partial charge >= 0.3 is 0 Å². The van der Waals surface area contributed by atoms with Gasteiger partial charge in [0.1, 0.15) is 11.5 Å². The summed E-state index contributed by atoms with van der Waals surface area (Å²) in [7, 11) is -0.388. The first-order chi connectivity index (χ1) is 11.3. The van der Waals surface area contributed by atoms with Crippen LogP contribution in [0.3, 0.4) is 0 Å². The summed E-state index contributed by atoms with van der Waals surface area (Å²) in [5, 5.41) is 0. The molecule has 7 heteroatoms. The standard InChI is InChI=1S/C17H20BrNO4S/c1-12(16-10-15(22-2)8-9-17(16)23-3)19-24(20,21)11-13-4-6-14(18)7-5-13/h4-10,12,19H,11H2,1-3H3/t12-/m0/s1. The van der Waals surface area contributed by atoms with E-state index in [0.717, 1.165) is 15.6 Å². The van der Waals surface area contributed by atoms with Crippen molar-refractivity contribution in [2.24, 2.45) is 0 Å². The summed E-state index contributed by atoms with van der Waals surface area (Å²) in [6, 6.07) is 12.0. The Morgan fingerprint density at radius 3 is 2.33 bits per heavy atom. The molecule has 0 aliphatic rings. The zero-order valence-electron chi connectivity index (χ0n) is 13.7. The Morgan fingerprint density at radius 2 is 1.75 bits per heavy atom. The fraction of sp³-hybridized carbons (Fsp3) is 0.294. The van der Waals surface area contributed by atoms with Gasteiger partial charge in [-0.25, -0.2) is 13.1 Å². The molecule has 24 heavy (non-hydrogen) atoms. The van der Waals surface area contributed by atoms with Crippen LogP contribution in [0.2, 0.25) is 0 Å². The predicted octanol–water partition coefficient (Wildman–Crippen LogP) is 3.65. The highest BCUT2D eigenvalue weighted by Crippen LogP contribution is 2.29. The Morgan fingerprint density at radius 1 is 1.08 bits per heavy atom. The van der Waals surface area contributed by atoms with Gasteiger partial charge in [-0.2, -0.15) is 0 Å². The molecule has 0 aliphatic carbocycles. The summed E-state index contributed by atoms with van der Waals surface area (Å²) in [5.74, 6) is 1.16. The maximum absolute atomic E-state index is 12.4. The number of methoxy groups -OCH3 is 2. The molecule has 2 rings (SSSR count). The van der Waals surface area contributed by atoms with Gasteiger partial charge in [0.25, 0.3) is 0 Å².